The van der Waals surface area contributed by atoms with Crippen LogP contribution in [0.5, 0.6) is 5.75 Å². The zero-order valence-electron chi connectivity index (χ0n) is 21.0. The van der Waals surface area contributed by atoms with Crippen LogP contribution >= 0.6 is 0 Å². The average Bonchev–Trinajstić information content (AvgIpc) is 2.91. The van der Waals surface area contributed by atoms with E-state index < -0.39 is 54.6 Å². The van der Waals surface area contributed by atoms with Crippen LogP contribution in [0.4, 0.5) is 34.1 Å². The summed E-state index contributed by atoms with van der Waals surface area (Å²) in [4.78, 5) is 11.1. The fourth-order valence-electron chi connectivity index (χ4n) is 3.30. The Labute approximate surface area is 228 Å². The molecule has 3 rings (SSSR count). The van der Waals surface area contributed by atoms with Gasteiger partial charge in [-0.25, -0.2) is 13.2 Å². The van der Waals surface area contributed by atoms with Gasteiger partial charge >= 0.3 is 5.97 Å². The summed E-state index contributed by atoms with van der Waals surface area (Å²) in [7, 11) is -6.30. The molecule has 15 nitrogen and oxygen atoms in total. The largest absolute Gasteiger partial charge is 0.494 e. The number of esters is 1. The second-order valence-corrected chi connectivity index (χ2v) is 11.3. The standard InChI is InChI=1S/C23H24N6O9S2/c1-37-18-8-7-13(39(32,33)10-9-30)11-16(18)27-28-17-12-19(40(34,35)36)21(25)22(20(17)24)29-26-15-6-4-3-5-14(15)23(31)38-2/h3-8,11-12,30H,9-10,24-25H2,1-2H3,(H,34,35,36). The number of hydrogen-bond acceptors (Lipinski definition) is 14. The number of nitrogens with zero attached hydrogens (tertiary/aromatic N) is 4. The van der Waals surface area contributed by atoms with Crippen molar-refractivity contribution in [1.82, 2.24) is 0 Å². The maximum Gasteiger partial charge on any atom is 0.340 e. The lowest BCUT2D eigenvalue weighted by Crippen LogP contribution is -2.09. The Morgan fingerprint density at radius 1 is 0.875 bits per heavy atom. The Hall–Kier alpha value is -4.45. The third-order valence-electron chi connectivity index (χ3n) is 5.30. The van der Waals surface area contributed by atoms with E-state index >= 15 is 0 Å². The number of anilines is 2. The summed E-state index contributed by atoms with van der Waals surface area (Å²) in [5, 5.41) is 24.8. The van der Waals surface area contributed by atoms with Gasteiger partial charge in [0.25, 0.3) is 10.1 Å². The zero-order valence-corrected chi connectivity index (χ0v) is 22.7. The molecule has 0 amide bonds. The van der Waals surface area contributed by atoms with Crippen molar-refractivity contribution in [2.24, 2.45) is 20.5 Å². The Morgan fingerprint density at radius 2 is 1.52 bits per heavy atom. The first kappa shape index (κ1) is 30.1. The molecular formula is C23H24N6O9S2. The molecule has 0 aromatic heterocycles. The van der Waals surface area contributed by atoms with Gasteiger partial charge in [-0.2, -0.15) is 8.42 Å². The maximum atomic E-state index is 12.4. The highest BCUT2D eigenvalue weighted by molar-refractivity contribution is 7.91. The van der Waals surface area contributed by atoms with Gasteiger partial charge in [0.15, 0.2) is 9.84 Å². The van der Waals surface area contributed by atoms with Crippen molar-refractivity contribution in [2.45, 2.75) is 9.79 Å². The number of methoxy groups -OCH3 is 2. The molecule has 17 heteroatoms. The van der Waals surface area contributed by atoms with Crippen LogP contribution in [0.3, 0.4) is 0 Å². The van der Waals surface area contributed by atoms with Crippen LogP contribution in [0.25, 0.3) is 0 Å². The zero-order chi connectivity index (χ0) is 29.7. The summed E-state index contributed by atoms with van der Waals surface area (Å²) in [6.45, 7) is -0.604. The highest BCUT2D eigenvalue weighted by Gasteiger charge is 2.23. The lowest BCUT2D eigenvalue weighted by molar-refractivity contribution is 0.0601. The summed E-state index contributed by atoms with van der Waals surface area (Å²) in [5.41, 5.74) is 10.5. The van der Waals surface area contributed by atoms with E-state index in [1.807, 2.05) is 0 Å². The highest BCUT2D eigenvalue weighted by Crippen LogP contribution is 2.43. The quantitative estimate of drug-likeness (QED) is 0.115. The fourth-order valence-corrected chi connectivity index (χ4v) is 4.98. The second-order valence-electron chi connectivity index (χ2n) is 7.83. The van der Waals surface area contributed by atoms with Gasteiger partial charge < -0.3 is 26.0 Å². The van der Waals surface area contributed by atoms with E-state index in [1.54, 1.807) is 12.1 Å². The molecule has 0 unspecified atom stereocenters. The van der Waals surface area contributed by atoms with Crippen molar-refractivity contribution in [3.05, 3.63) is 54.1 Å². The van der Waals surface area contributed by atoms with Crippen LogP contribution in [0.15, 0.2) is 78.8 Å². The van der Waals surface area contributed by atoms with Crippen molar-refractivity contribution in [3.8, 4) is 5.75 Å². The molecule has 0 saturated carbocycles. The monoisotopic (exact) mass is 592 g/mol. The number of rotatable bonds is 10. The van der Waals surface area contributed by atoms with Crippen LogP contribution in [0, 0.1) is 0 Å². The molecule has 0 heterocycles. The number of nitrogens with two attached hydrogens (primary N) is 2. The Bertz CT molecular complexity index is 1720. The van der Waals surface area contributed by atoms with Gasteiger partial charge in [-0.3, -0.25) is 4.55 Å². The van der Waals surface area contributed by atoms with Crippen molar-refractivity contribution in [1.29, 1.82) is 0 Å². The number of carbonyl (C=O) groups is 1. The molecule has 40 heavy (non-hydrogen) atoms. The molecule has 0 atom stereocenters. The minimum atomic E-state index is -4.92. The van der Waals surface area contributed by atoms with Gasteiger partial charge in [0.1, 0.15) is 33.4 Å². The molecule has 3 aromatic rings. The number of benzene rings is 3. The SMILES string of the molecule is COC(=O)c1ccccc1N=Nc1c(N)c(N=Nc2cc(S(=O)(=O)CCO)ccc2OC)cc(S(=O)(=O)O)c1N. The van der Waals surface area contributed by atoms with Gasteiger partial charge in [0.2, 0.25) is 0 Å². The third-order valence-corrected chi connectivity index (χ3v) is 7.89. The van der Waals surface area contributed by atoms with Crippen LogP contribution in [0.2, 0.25) is 0 Å². The summed E-state index contributed by atoms with van der Waals surface area (Å²) in [5.74, 6) is -1.14. The number of hydrogen-bond donors (Lipinski definition) is 4. The van der Waals surface area contributed by atoms with Crippen LogP contribution < -0.4 is 16.2 Å². The van der Waals surface area contributed by atoms with E-state index in [1.165, 1.54) is 38.5 Å². The minimum absolute atomic E-state index is 0.0409. The fraction of sp³-hybridized carbons (Fsp3) is 0.174. The number of azo groups is 2. The summed E-state index contributed by atoms with van der Waals surface area (Å²) in [6.07, 6.45) is 0. The number of aliphatic hydroxyl groups is 1. The predicted molar refractivity (Wildman–Crippen MR) is 143 cm³/mol. The highest BCUT2D eigenvalue weighted by atomic mass is 32.2. The first-order valence-corrected chi connectivity index (χ1v) is 14.1. The molecule has 0 bridgehead atoms. The molecule has 0 aliphatic carbocycles. The van der Waals surface area contributed by atoms with Gasteiger partial charge in [0.05, 0.1) is 48.4 Å². The number of aliphatic hydroxyl groups excluding tert-OH is 1. The van der Waals surface area contributed by atoms with Gasteiger partial charge in [0, 0.05) is 0 Å². The second kappa shape index (κ2) is 12.2. The van der Waals surface area contributed by atoms with E-state index in [4.69, 9.17) is 26.0 Å². The van der Waals surface area contributed by atoms with Crippen LogP contribution in [0.1, 0.15) is 10.4 Å². The molecule has 0 saturated heterocycles. The molecule has 3 aromatic carbocycles. The molecular weight excluding hydrogens is 568 g/mol. The Balaban J connectivity index is 2.18. The molecule has 6 N–H and O–H groups in total. The van der Waals surface area contributed by atoms with Crippen LogP contribution in [-0.4, -0.2) is 59.0 Å². The van der Waals surface area contributed by atoms with E-state index in [2.05, 4.69) is 20.5 Å². The Morgan fingerprint density at radius 3 is 2.15 bits per heavy atom. The summed E-state index contributed by atoms with van der Waals surface area (Å²) >= 11 is 0. The van der Waals surface area contributed by atoms with E-state index in [0.717, 1.165) is 12.1 Å². The molecule has 0 spiro atoms. The van der Waals surface area contributed by atoms with E-state index in [9.17, 15) is 26.2 Å². The third kappa shape index (κ3) is 6.57. The number of nitrogen functional groups attached to an aromatic ring is 2. The number of sulfone groups is 1. The average molecular weight is 593 g/mol. The summed E-state index contributed by atoms with van der Waals surface area (Å²) in [6, 6.07) is 10.5. The van der Waals surface area contributed by atoms with Crippen LogP contribution in [-0.2, 0) is 24.7 Å². The topological polar surface area (TPSA) is 246 Å². The molecule has 0 fully saturated rings. The van der Waals surface area contributed by atoms with E-state index in [0.29, 0.717) is 0 Å². The Kier molecular flexibility index (Phi) is 9.15. The van der Waals surface area contributed by atoms with E-state index in [-0.39, 0.29) is 39.0 Å². The number of carbonyl (C=O) groups excluding carboxylic acids is 1. The molecule has 0 radical (unpaired) electrons. The van der Waals surface area contributed by atoms with Crippen molar-refractivity contribution in [2.75, 3.05) is 38.0 Å². The lowest BCUT2D eigenvalue weighted by atomic mass is 10.2. The lowest BCUT2D eigenvalue weighted by Gasteiger charge is -2.11. The van der Waals surface area contributed by atoms with Crippen molar-refractivity contribution < 1.29 is 40.8 Å². The molecule has 0 aliphatic heterocycles. The van der Waals surface area contributed by atoms with Gasteiger partial charge in [-0.05, 0) is 36.4 Å². The smallest absolute Gasteiger partial charge is 0.340 e. The predicted octanol–water partition coefficient (Wildman–Crippen LogP) is 3.49. The summed E-state index contributed by atoms with van der Waals surface area (Å²) < 4.78 is 68.4. The molecule has 0 aliphatic rings. The van der Waals surface area contributed by atoms with Crippen molar-refractivity contribution >= 4 is 60.0 Å². The first-order chi connectivity index (χ1) is 18.8. The first-order valence-electron chi connectivity index (χ1n) is 11.1. The van der Waals surface area contributed by atoms with Gasteiger partial charge in [-0.15, -0.1) is 20.5 Å². The van der Waals surface area contributed by atoms with Crippen molar-refractivity contribution in [3.63, 3.8) is 0 Å². The maximum absolute atomic E-state index is 12.4. The number of ether oxygens (including phenoxy) is 2. The normalized spacial score (nSPS) is 12.2. The van der Waals surface area contributed by atoms with Gasteiger partial charge in [-0.1, -0.05) is 12.1 Å². The molecule has 212 valence electrons. The minimum Gasteiger partial charge on any atom is -0.494 e.